The molecule has 0 fully saturated rings. The SMILES string of the molecule is COC(C)(C)CCC(N)c1ccccn1. The highest BCUT2D eigenvalue weighted by molar-refractivity contribution is 5.07. The minimum Gasteiger partial charge on any atom is -0.379 e. The lowest BCUT2D eigenvalue weighted by Gasteiger charge is -2.24. The lowest BCUT2D eigenvalue weighted by Crippen LogP contribution is -2.24. The Morgan fingerprint density at radius 2 is 2.20 bits per heavy atom. The van der Waals surface area contributed by atoms with E-state index in [4.69, 9.17) is 10.5 Å². The summed E-state index contributed by atoms with van der Waals surface area (Å²) < 4.78 is 5.35. The molecule has 0 aliphatic rings. The Labute approximate surface area is 91.7 Å². The molecular formula is C12H20N2O. The summed E-state index contributed by atoms with van der Waals surface area (Å²) in [5.41, 5.74) is 6.88. The minimum atomic E-state index is -0.105. The maximum atomic E-state index is 6.04. The van der Waals surface area contributed by atoms with Gasteiger partial charge in [-0.3, -0.25) is 4.98 Å². The van der Waals surface area contributed by atoms with Gasteiger partial charge < -0.3 is 10.5 Å². The Balaban J connectivity index is 2.47. The van der Waals surface area contributed by atoms with Crippen LogP contribution in [0.4, 0.5) is 0 Å². The normalized spacial score (nSPS) is 13.9. The number of methoxy groups -OCH3 is 1. The van der Waals surface area contributed by atoms with Crippen molar-refractivity contribution >= 4 is 0 Å². The molecule has 84 valence electrons. The van der Waals surface area contributed by atoms with Gasteiger partial charge in [-0.15, -0.1) is 0 Å². The summed E-state index contributed by atoms with van der Waals surface area (Å²) in [4.78, 5) is 4.24. The average molecular weight is 208 g/mol. The fourth-order valence-electron chi connectivity index (χ4n) is 1.35. The molecule has 0 aromatic carbocycles. The van der Waals surface area contributed by atoms with Crippen LogP contribution >= 0.6 is 0 Å². The third-order valence-electron chi connectivity index (χ3n) is 2.68. The summed E-state index contributed by atoms with van der Waals surface area (Å²) in [6.07, 6.45) is 3.59. The van der Waals surface area contributed by atoms with Crippen LogP contribution in [-0.4, -0.2) is 17.7 Å². The predicted octanol–water partition coefficient (Wildman–Crippen LogP) is 2.29. The van der Waals surface area contributed by atoms with Crippen molar-refractivity contribution in [1.82, 2.24) is 4.98 Å². The van der Waals surface area contributed by atoms with Gasteiger partial charge in [0.2, 0.25) is 0 Å². The zero-order valence-corrected chi connectivity index (χ0v) is 9.73. The largest absolute Gasteiger partial charge is 0.379 e. The molecule has 1 aromatic rings. The molecule has 1 aromatic heterocycles. The zero-order chi connectivity index (χ0) is 11.3. The minimum absolute atomic E-state index is 0.000579. The molecule has 0 saturated carbocycles. The molecule has 0 spiro atoms. The number of hydrogen-bond acceptors (Lipinski definition) is 3. The van der Waals surface area contributed by atoms with Gasteiger partial charge in [0.25, 0.3) is 0 Å². The van der Waals surface area contributed by atoms with Crippen LogP contribution in [0.3, 0.4) is 0 Å². The summed E-state index contributed by atoms with van der Waals surface area (Å²) >= 11 is 0. The average Bonchev–Trinajstić information content (AvgIpc) is 2.27. The van der Waals surface area contributed by atoms with Crippen LogP contribution in [0.5, 0.6) is 0 Å². The van der Waals surface area contributed by atoms with E-state index >= 15 is 0 Å². The molecule has 3 nitrogen and oxygen atoms in total. The fourth-order valence-corrected chi connectivity index (χ4v) is 1.35. The first-order valence-corrected chi connectivity index (χ1v) is 5.27. The van der Waals surface area contributed by atoms with E-state index in [-0.39, 0.29) is 11.6 Å². The summed E-state index contributed by atoms with van der Waals surface area (Å²) in [5, 5.41) is 0. The van der Waals surface area contributed by atoms with Crippen molar-refractivity contribution in [2.75, 3.05) is 7.11 Å². The lowest BCUT2D eigenvalue weighted by atomic mass is 9.97. The van der Waals surface area contributed by atoms with E-state index in [2.05, 4.69) is 18.8 Å². The van der Waals surface area contributed by atoms with Gasteiger partial charge in [0, 0.05) is 19.3 Å². The van der Waals surface area contributed by atoms with Crippen LogP contribution in [0.25, 0.3) is 0 Å². The van der Waals surface area contributed by atoms with Crippen LogP contribution in [0.15, 0.2) is 24.4 Å². The quantitative estimate of drug-likeness (QED) is 0.807. The molecule has 1 unspecified atom stereocenters. The number of nitrogens with zero attached hydrogens (tertiary/aromatic N) is 1. The Morgan fingerprint density at radius 1 is 1.47 bits per heavy atom. The van der Waals surface area contributed by atoms with Crippen molar-refractivity contribution in [2.45, 2.75) is 38.3 Å². The van der Waals surface area contributed by atoms with Crippen molar-refractivity contribution in [1.29, 1.82) is 0 Å². The maximum Gasteiger partial charge on any atom is 0.0623 e. The molecule has 0 saturated heterocycles. The molecule has 2 N–H and O–H groups in total. The number of rotatable bonds is 5. The number of pyridine rings is 1. The highest BCUT2D eigenvalue weighted by Crippen LogP contribution is 2.21. The fraction of sp³-hybridized carbons (Fsp3) is 0.583. The van der Waals surface area contributed by atoms with Crippen LogP contribution in [0.2, 0.25) is 0 Å². The molecule has 0 aliphatic heterocycles. The number of nitrogens with two attached hydrogens (primary N) is 1. The van der Waals surface area contributed by atoms with Crippen molar-refractivity contribution in [3.63, 3.8) is 0 Å². The van der Waals surface area contributed by atoms with Gasteiger partial charge in [-0.05, 0) is 38.8 Å². The third kappa shape index (κ3) is 3.98. The van der Waals surface area contributed by atoms with Crippen LogP contribution in [0.1, 0.15) is 38.4 Å². The summed E-state index contributed by atoms with van der Waals surface area (Å²) in [7, 11) is 1.73. The van der Waals surface area contributed by atoms with Gasteiger partial charge in [0.15, 0.2) is 0 Å². The Bertz CT molecular complexity index is 285. The first-order valence-electron chi connectivity index (χ1n) is 5.27. The summed E-state index contributed by atoms with van der Waals surface area (Å²) in [5.74, 6) is 0. The van der Waals surface area contributed by atoms with Crippen molar-refractivity contribution < 1.29 is 4.74 Å². The van der Waals surface area contributed by atoms with Gasteiger partial charge in [-0.1, -0.05) is 6.07 Å². The Hall–Kier alpha value is -0.930. The molecule has 0 aliphatic carbocycles. The number of hydrogen-bond donors (Lipinski definition) is 1. The number of aromatic nitrogens is 1. The first-order chi connectivity index (χ1) is 7.05. The van der Waals surface area contributed by atoms with Gasteiger partial charge in [-0.2, -0.15) is 0 Å². The molecule has 1 atom stereocenters. The van der Waals surface area contributed by atoms with Crippen molar-refractivity contribution in [2.24, 2.45) is 5.73 Å². The van der Waals surface area contributed by atoms with E-state index < -0.39 is 0 Å². The van der Waals surface area contributed by atoms with Crippen LogP contribution < -0.4 is 5.73 Å². The second kappa shape index (κ2) is 5.24. The van der Waals surface area contributed by atoms with Crippen molar-refractivity contribution in [3.8, 4) is 0 Å². The molecule has 1 heterocycles. The topological polar surface area (TPSA) is 48.1 Å². The molecule has 0 bridgehead atoms. The van der Waals surface area contributed by atoms with Gasteiger partial charge in [-0.25, -0.2) is 0 Å². The van der Waals surface area contributed by atoms with E-state index in [9.17, 15) is 0 Å². The highest BCUT2D eigenvalue weighted by Gasteiger charge is 2.18. The smallest absolute Gasteiger partial charge is 0.0623 e. The molecule has 15 heavy (non-hydrogen) atoms. The summed E-state index contributed by atoms with van der Waals surface area (Å²) in [6.45, 7) is 4.14. The van der Waals surface area contributed by atoms with Gasteiger partial charge in [0.1, 0.15) is 0 Å². The summed E-state index contributed by atoms with van der Waals surface area (Å²) in [6, 6.07) is 5.82. The van der Waals surface area contributed by atoms with Gasteiger partial charge in [0.05, 0.1) is 11.3 Å². The molecule has 0 amide bonds. The Morgan fingerprint density at radius 3 is 2.73 bits per heavy atom. The van der Waals surface area contributed by atoms with E-state index in [1.165, 1.54) is 0 Å². The van der Waals surface area contributed by atoms with Crippen LogP contribution in [-0.2, 0) is 4.74 Å². The number of ether oxygens (including phenoxy) is 1. The molecule has 0 radical (unpaired) electrons. The maximum absolute atomic E-state index is 6.04. The zero-order valence-electron chi connectivity index (χ0n) is 9.73. The van der Waals surface area contributed by atoms with Gasteiger partial charge >= 0.3 is 0 Å². The lowest BCUT2D eigenvalue weighted by molar-refractivity contribution is 0.0124. The van der Waals surface area contributed by atoms with E-state index in [1.807, 2.05) is 18.2 Å². The standard InChI is InChI=1S/C12H20N2O/c1-12(2,15-3)8-7-10(13)11-6-4-5-9-14-11/h4-6,9-10H,7-8,13H2,1-3H3. The second-order valence-electron chi connectivity index (χ2n) is 4.36. The van der Waals surface area contributed by atoms with Crippen LogP contribution in [0, 0.1) is 0 Å². The molecule has 1 rings (SSSR count). The van der Waals surface area contributed by atoms with E-state index in [1.54, 1.807) is 13.3 Å². The monoisotopic (exact) mass is 208 g/mol. The second-order valence-corrected chi connectivity index (χ2v) is 4.36. The molecular weight excluding hydrogens is 188 g/mol. The Kier molecular flexibility index (Phi) is 4.24. The third-order valence-corrected chi connectivity index (χ3v) is 2.68. The van der Waals surface area contributed by atoms with E-state index in [0.29, 0.717) is 0 Å². The first kappa shape index (κ1) is 12.1. The van der Waals surface area contributed by atoms with E-state index in [0.717, 1.165) is 18.5 Å². The molecule has 3 heteroatoms. The van der Waals surface area contributed by atoms with Crippen molar-refractivity contribution in [3.05, 3.63) is 30.1 Å². The predicted molar refractivity (Wildman–Crippen MR) is 61.5 cm³/mol. The highest BCUT2D eigenvalue weighted by atomic mass is 16.5.